The molecule has 1 fully saturated rings. The number of rotatable bonds is 2. The van der Waals surface area contributed by atoms with E-state index >= 15 is 0 Å². The van der Waals surface area contributed by atoms with Crippen LogP contribution in [0, 0.1) is 11.8 Å². The van der Waals surface area contributed by atoms with Crippen LogP contribution in [-0.2, 0) is 0 Å². The van der Waals surface area contributed by atoms with E-state index in [1.54, 1.807) is 0 Å². The van der Waals surface area contributed by atoms with Crippen LogP contribution in [0.2, 0.25) is 0 Å². The van der Waals surface area contributed by atoms with Gasteiger partial charge in [-0.2, -0.15) is 0 Å². The van der Waals surface area contributed by atoms with Crippen LogP contribution in [-0.4, -0.2) is 6.04 Å². The monoisotopic (exact) mass is 139 g/mol. The fourth-order valence-corrected chi connectivity index (χ4v) is 1.92. The van der Waals surface area contributed by atoms with E-state index < -0.39 is 0 Å². The first-order valence-electron chi connectivity index (χ1n) is 4.14. The molecular weight excluding hydrogens is 122 g/mol. The van der Waals surface area contributed by atoms with E-state index in [9.17, 15) is 0 Å². The van der Waals surface area contributed by atoms with Crippen LogP contribution in [0.1, 0.15) is 26.2 Å². The lowest BCUT2D eigenvalue weighted by molar-refractivity contribution is 0.383. The predicted octanol–water partition coefficient (Wildman–Crippen LogP) is 1.94. The van der Waals surface area contributed by atoms with Crippen molar-refractivity contribution in [2.24, 2.45) is 17.6 Å². The van der Waals surface area contributed by atoms with Crippen LogP contribution in [0.15, 0.2) is 12.7 Å². The topological polar surface area (TPSA) is 26.0 Å². The van der Waals surface area contributed by atoms with Gasteiger partial charge in [-0.25, -0.2) is 0 Å². The third-order valence-corrected chi connectivity index (χ3v) is 2.69. The van der Waals surface area contributed by atoms with Crippen LogP contribution in [0.3, 0.4) is 0 Å². The maximum atomic E-state index is 5.85. The third-order valence-electron chi connectivity index (χ3n) is 2.69. The molecule has 0 aromatic heterocycles. The Labute approximate surface area is 63.3 Å². The highest BCUT2D eigenvalue weighted by Gasteiger charge is 2.26. The SMILES string of the molecule is C=CC(N)C1CCCC1C. The zero-order valence-corrected chi connectivity index (χ0v) is 6.72. The summed E-state index contributed by atoms with van der Waals surface area (Å²) in [5.74, 6) is 1.52. The van der Waals surface area contributed by atoms with Crippen LogP contribution in [0.4, 0.5) is 0 Å². The summed E-state index contributed by atoms with van der Waals surface area (Å²) in [4.78, 5) is 0. The molecule has 1 aliphatic rings. The molecule has 1 aliphatic carbocycles. The largest absolute Gasteiger partial charge is 0.324 e. The Morgan fingerprint density at radius 2 is 2.30 bits per heavy atom. The second-order valence-corrected chi connectivity index (χ2v) is 3.39. The van der Waals surface area contributed by atoms with Crippen molar-refractivity contribution in [2.45, 2.75) is 32.2 Å². The van der Waals surface area contributed by atoms with Gasteiger partial charge in [0.05, 0.1) is 0 Å². The quantitative estimate of drug-likeness (QED) is 0.581. The second kappa shape index (κ2) is 3.20. The van der Waals surface area contributed by atoms with Gasteiger partial charge in [0, 0.05) is 6.04 Å². The highest BCUT2D eigenvalue weighted by Crippen LogP contribution is 2.32. The first kappa shape index (κ1) is 7.80. The molecule has 0 aliphatic heterocycles. The molecule has 0 spiro atoms. The molecule has 1 rings (SSSR count). The van der Waals surface area contributed by atoms with Gasteiger partial charge in [-0.1, -0.05) is 25.8 Å². The van der Waals surface area contributed by atoms with E-state index in [-0.39, 0.29) is 6.04 Å². The van der Waals surface area contributed by atoms with E-state index in [1.807, 2.05) is 6.08 Å². The molecule has 0 bridgehead atoms. The van der Waals surface area contributed by atoms with Crippen molar-refractivity contribution < 1.29 is 0 Å². The molecule has 0 aromatic carbocycles. The van der Waals surface area contributed by atoms with Crippen LogP contribution >= 0.6 is 0 Å². The number of nitrogens with two attached hydrogens (primary N) is 1. The maximum Gasteiger partial charge on any atom is 0.0252 e. The molecule has 0 amide bonds. The van der Waals surface area contributed by atoms with Crippen molar-refractivity contribution in [3.05, 3.63) is 12.7 Å². The minimum atomic E-state index is 0.234. The van der Waals surface area contributed by atoms with Crippen molar-refractivity contribution in [3.63, 3.8) is 0 Å². The summed E-state index contributed by atoms with van der Waals surface area (Å²) in [6.07, 6.45) is 5.89. The highest BCUT2D eigenvalue weighted by molar-refractivity contribution is 4.92. The predicted molar refractivity (Wildman–Crippen MR) is 44.7 cm³/mol. The third kappa shape index (κ3) is 1.40. The summed E-state index contributed by atoms with van der Waals surface area (Å²) in [5, 5.41) is 0. The van der Waals surface area contributed by atoms with Crippen LogP contribution in [0.5, 0.6) is 0 Å². The van der Waals surface area contributed by atoms with Gasteiger partial charge < -0.3 is 5.73 Å². The van der Waals surface area contributed by atoms with Crippen molar-refractivity contribution >= 4 is 0 Å². The molecular formula is C9H17N. The Hall–Kier alpha value is -0.300. The van der Waals surface area contributed by atoms with E-state index in [2.05, 4.69) is 13.5 Å². The number of hydrogen-bond donors (Lipinski definition) is 1. The molecule has 10 heavy (non-hydrogen) atoms. The maximum absolute atomic E-state index is 5.85. The Balaban J connectivity index is 2.46. The van der Waals surface area contributed by atoms with Gasteiger partial charge in [0.25, 0.3) is 0 Å². The minimum Gasteiger partial charge on any atom is -0.324 e. The molecule has 0 radical (unpaired) electrons. The summed E-state index contributed by atoms with van der Waals surface area (Å²) in [7, 11) is 0. The van der Waals surface area contributed by atoms with Gasteiger partial charge in [-0.05, 0) is 18.3 Å². The fraction of sp³-hybridized carbons (Fsp3) is 0.778. The van der Waals surface area contributed by atoms with Gasteiger partial charge >= 0.3 is 0 Å². The molecule has 3 unspecified atom stereocenters. The second-order valence-electron chi connectivity index (χ2n) is 3.39. The minimum absolute atomic E-state index is 0.234. The smallest absolute Gasteiger partial charge is 0.0252 e. The van der Waals surface area contributed by atoms with Gasteiger partial charge in [0.1, 0.15) is 0 Å². The lowest BCUT2D eigenvalue weighted by Crippen LogP contribution is -2.29. The van der Waals surface area contributed by atoms with Crippen LogP contribution < -0.4 is 5.73 Å². The first-order chi connectivity index (χ1) is 4.75. The molecule has 1 saturated carbocycles. The summed E-state index contributed by atoms with van der Waals surface area (Å²) >= 11 is 0. The van der Waals surface area contributed by atoms with Gasteiger partial charge in [-0.15, -0.1) is 6.58 Å². The van der Waals surface area contributed by atoms with Crippen molar-refractivity contribution in [1.29, 1.82) is 0 Å². The van der Waals surface area contributed by atoms with E-state index in [4.69, 9.17) is 5.73 Å². The van der Waals surface area contributed by atoms with Gasteiger partial charge in [-0.3, -0.25) is 0 Å². The van der Waals surface area contributed by atoms with Gasteiger partial charge in [0.15, 0.2) is 0 Å². The molecule has 2 N–H and O–H groups in total. The Morgan fingerprint density at radius 3 is 2.70 bits per heavy atom. The van der Waals surface area contributed by atoms with Crippen LogP contribution in [0.25, 0.3) is 0 Å². The average Bonchev–Trinajstić information content (AvgIpc) is 2.34. The summed E-state index contributed by atoms with van der Waals surface area (Å²) in [6.45, 7) is 6.01. The molecule has 1 heteroatoms. The number of hydrogen-bond acceptors (Lipinski definition) is 1. The Bertz CT molecular complexity index is 120. The molecule has 0 saturated heterocycles. The van der Waals surface area contributed by atoms with E-state index in [0.29, 0.717) is 5.92 Å². The van der Waals surface area contributed by atoms with Crippen molar-refractivity contribution in [1.82, 2.24) is 0 Å². The summed E-state index contributed by atoms with van der Waals surface area (Å²) in [6, 6.07) is 0.234. The fourth-order valence-electron chi connectivity index (χ4n) is 1.92. The normalized spacial score (nSPS) is 35.8. The zero-order valence-electron chi connectivity index (χ0n) is 6.72. The first-order valence-corrected chi connectivity index (χ1v) is 4.14. The lowest BCUT2D eigenvalue weighted by atomic mass is 9.91. The Kier molecular flexibility index (Phi) is 2.50. The molecule has 1 nitrogen and oxygen atoms in total. The lowest BCUT2D eigenvalue weighted by Gasteiger charge is -2.19. The van der Waals surface area contributed by atoms with E-state index in [1.165, 1.54) is 19.3 Å². The highest BCUT2D eigenvalue weighted by atomic mass is 14.6. The molecule has 0 aromatic rings. The van der Waals surface area contributed by atoms with Gasteiger partial charge in [0.2, 0.25) is 0 Å². The standard InChI is InChI=1S/C9H17N/c1-3-9(10)8-6-4-5-7(8)2/h3,7-9H,1,4-6,10H2,2H3. The zero-order chi connectivity index (χ0) is 7.56. The molecule has 0 heterocycles. The molecule has 58 valence electrons. The molecule has 3 atom stereocenters. The summed E-state index contributed by atoms with van der Waals surface area (Å²) in [5.41, 5.74) is 5.85. The van der Waals surface area contributed by atoms with E-state index in [0.717, 1.165) is 5.92 Å². The Morgan fingerprint density at radius 1 is 1.60 bits per heavy atom. The van der Waals surface area contributed by atoms with Crippen molar-refractivity contribution in [3.8, 4) is 0 Å². The summed E-state index contributed by atoms with van der Waals surface area (Å²) < 4.78 is 0. The van der Waals surface area contributed by atoms with Crippen molar-refractivity contribution in [2.75, 3.05) is 0 Å². The average molecular weight is 139 g/mol.